The number of nitrogens with zero attached hydrogens (tertiary/aromatic N) is 5. The standard InChI is InChI=1S/C26H32F2N6O3/c1-5-33-22-13-32(12-20(22)30-24(33)19-8-9-29-31-19)16-11-21(34(25(35)36)26(2,3)4)23(37-14-16)17-10-15(27)6-7-18(17)28/h6-10,16,21,23H,5,11-14H2,1-4H3,(H,29,31)(H,35,36)/t16-,21+,23-/m1/s1. The minimum atomic E-state index is -1.13. The van der Waals surface area contributed by atoms with E-state index in [-0.39, 0.29) is 18.2 Å². The Kier molecular flexibility index (Phi) is 6.53. The van der Waals surface area contributed by atoms with E-state index in [1.54, 1.807) is 27.0 Å². The molecular weight excluding hydrogens is 482 g/mol. The van der Waals surface area contributed by atoms with Crippen LogP contribution in [0.1, 0.15) is 57.2 Å². The van der Waals surface area contributed by atoms with Gasteiger partial charge in [0.25, 0.3) is 0 Å². The Morgan fingerprint density at radius 1 is 1.27 bits per heavy atom. The third-order valence-corrected chi connectivity index (χ3v) is 7.29. The molecule has 9 nitrogen and oxygen atoms in total. The number of carbonyl (C=O) groups is 1. The summed E-state index contributed by atoms with van der Waals surface area (Å²) in [4.78, 5) is 20.9. The van der Waals surface area contributed by atoms with Gasteiger partial charge in [0.2, 0.25) is 0 Å². The zero-order valence-electron chi connectivity index (χ0n) is 21.4. The maximum absolute atomic E-state index is 14.8. The number of H-pyrrole nitrogens is 1. The average molecular weight is 515 g/mol. The van der Waals surface area contributed by atoms with Gasteiger partial charge in [0.1, 0.15) is 23.4 Å². The number of halogens is 2. The third kappa shape index (κ3) is 4.61. The molecule has 0 saturated carbocycles. The number of aromatic nitrogens is 4. The molecule has 0 unspecified atom stereocenters. The van der Waals surface area contributed by atoms with Crippen molar-refractivity contribution in [3.8, 4) is 11.5 Å². The van der Waals surface area contributed by atoms with Gasteiger partial charge in [0, 0.05) is 43.0 Å². The zero-order chi connectivity index (χ0) is 26.5. The summed E-state index contributed by atoms with van der Waals surface area (Å²) in [5.41, 5.74) is 2.18. The summed E-state index contributed by atoms with van der Waals surface area (Å²) < 4.78 is 37.3. The van der Waals surface area contributed by atoms with Crippen LogP contribution in [-0.2, 0) is 24.4 Å². The number of amides is 1. The Bertz CT molecular complexity index is 1290. The Labute approximate surface area is 214 Å². The molecule has 11 heteroatoms. The van der Waals surface area contributed by atoms with E-state index in [1.807, 2.05) is 6.07 Å². The van der Waals surface area contributed by atoms with Gasteiger partial charge in [0.15, 0.2) is 5.82 Å². The molecule has 2 aliphatic heterocycles. The molecule has 198 valence electrons. The Morgan fingerprint density at radius 2 is 2.05 bits per heavy atom. The van der Waals surface area contributed by atoms with Gasteiger partial charge in [-0.05, 0) is 58.4 Å². The summed E-state index contributed by atoms with van der Waals surface area (Å²) >= 11 is 0. The van der Waals surface area contributed by atoms with Crippen LogP contribution in [-0.4, -0.2) is 65.0 Å². The Morgan fingerprint density at radius 3 is 2.70 bits per heavy atom. The molecule has 0 radical (unpaired) electrons. The molecule has 37 heavy (non-hydrogen) atoms. The highest BCUT2D eigenvalue weighted by Gasteiger charge is 2.46. The van der Waals surface area contributed by atoms with Crippen molar-refractivity contribution in [2.45, 2.75) is 77.5 Å². The van der Waals surface area contributed by atoms with Crippen LogP contribution in [0.15, 0.2) is 30.5 Å². The normalized spacial score (nSPS) is 22.3. The van der Waals surface area contributed by atoms with Gasteiger partial charge >= 0.3 is 6.09 Å². The largest absolute Gasteiger partial charge is 0.465 e. The number of nitrogens with one attached hydrogen (secondary N) is 1. The molecule has 4 heterocycles. The first-order chi connectivity index (χ1) is 17.6. The average Bonchev–Trinajstić information content (AvgIpc) is 3.55. The van der Waals surface area contributed by atoms with Crippen LogP contribution in [0.4, 0.5) is 13.6 Å². The van der Waals surface area contributed by atoms with E-state index in [2.05, 4.69) is 26.6 Å². The Hall–Kier alpha value is -3.31. The first kappa shape index (κ1) is 25.3. The van der Waals surface area contributed by atoms with E-state index in [9.17, 15) is 18.7 Å². The van der Waals surface area contributed by atoms with Crippen LogP contribution in [0.25, 0.3) is 11.5 Å². The summed E-state index contributed by atoms with van der Waals surface area (Å²) in [5.74, 6) is -0.367. The van der Waals surface area contributed by atoms with Gasteiger partial charge < -0.3 is 14.4 Å². The van der Waals surface area contributed by atoms with E-state index < -0.39 is 35.4 Å². The highest BCUT2D eigenvalue weighted by atomic mass is 19.1. The lowest BCUT2D eigenvalue weighted by molar-refractivity contribution is -0.103. The highest BCUT2D eigenvalue weighted by molar-refractivity contribution is 5.66. The van der Waals surface area contributed by atoms with E-state index in [4.69, 9.17) is 9.72 Å². The quantitative estimate of drug-likeness (QED) is 0.518. The SMILES string of the molecule is CCn1c(-c2ccn[nH]2)nc2c1CN([C@H]1CO[C@H](c3cc(F)ccc3F)[C@@H](N(C(=O)O)C(C)(C)C)C1)C2. The number of rotatable bonds is 5. The second-order valence-electron chi connectivity index (χ2n) is 10.6. The summed E-state index contributed by atoms with van der Waals surface area (Å²) in [6, 6.07) is 4.26. The van der Waals surface area contributed by atoms with Gasteiger partial charge in [-0.3, -0.25) is 14.9 Å². The van der Waals surface area contributed by atoms with Crippen molar-refractivity contribution < 1.29 is 23.4 Å². The number of carboxylic acid groups (broad SMARTS) is 1. The lowest BCUT2D eigenvalue weighted by Gasteiger charge is -2.48. The van der Waals surface area contributed by atoms with Crippen molar-refractivity contribution in [1.82, 2.24) is 29.5 Å². The first-order valence-electron chi connectivity index (χ1n) is 12.5. The van der Waals surface area contributed by atoms with E-state index >= 15 is 0 Å². The predicted octanol–water partition coefficient (Wildman–Crippen LogP) is 4.56. The maximum Gasteiger partial charge on any atom is 0.408 e. The molecule has 3 atom stereocenters. The molecule has 0 spiro atoms. The van der Waals surface area contributed by atoms with E-state index in [1.165, 1.54) is 4.90 Å². The summed E-state index contributed by atoms with van der Waals surface area (Å²) in [6.07, 6.45) is 0.0503. The summed E-state index contributed by atoms with van der Waals surface area (Å²) in [6.45, 7) is 9.67. The topological polar surface area (TPSA) is 99.5 Å². The summed E-state index contributed by atoms with van der Waals surface area (Å²) in [5, 5.41) is 17.2. The van der Waals surface area contributed by atoms with Crippen molar-refractivity contribution in [3.05, 3.63) is 59.0 Å². The summed E-state index contributed by atoms with van der Waals surface area (Å²) in [7, 11) is 0. The van der Waals surface area contributed by atoms with Gasteiger partial charge in [-0.1, -0.05) is 0 Å². The van der Waals surface area contributed by atoms with Gasteiger partial charge in [0.05, 0.1) is 24.0 Å². The van der Waals surface area contributed by atoms with E-state index in [0.717, 1.165) is 47.7 Å². The predicted molar refractivity (Wildman–Crippen MR) is 132 cm³/mol. The second-order valence-corrected chi connectivity index (χ2v) is 10.6. The number of benzene rings is 1. The maximum atomic E-state index is 14.8. The third-order valence-electron chi connectivity index (χ3n) is 7.29. The number of hydrogen-bond acceptors (Lipinski definition) is 5. The lowest BCUT2D eigenvalue weighted by Crippen LogP contribution is -2.58. The minimum absolute atomic E-state index is 0.0342. The van der Waals surface area contributed by atoms with Gasteiger partial charge in [-0.15, -0.1) is 0 Å². The van der Waals surface area contributed by atoms with Crippen LogP contribution < -0.4 is 0 Å². The van der Waals surface area contributed by atoms with Crippen molar-refractivity contribution in [2.75, 3.05) is 6.61 Å². The smallest absolute Gasteiger partial charge is 0.408 e. The van der Waals surface area contributed by atoms with Crippen LogP contribution >= 0.6 is 0 Å². The fraction of sp³-hybridized carbons (Fsp3) is 0.500. The number of hydrogen-bond donors (Lipinski definition) is 2. The molecule has 5 rings (SSSR count). The molecule has 2 N–H and O–H groups in total. The van der Waals surface area contributed by atoms with Gasteiger partial charge in [-0.2, -0.15) is 5.10 Å². The molecule has 0 bridgehead atoms. The molecular formula is C26H32F2N6O3. The number of ether oxygens (including phenoxy) is 1. The second kappa shape index (κ2) is 9.53. The molecule has 1 saturated heterocycles. The van der Waals surface area contributed by atoms with Crippen LogP contribution in [0.2, 0.25) is 0 Å². The lowest BCUT2D eigenvalue weighted by atomic mass is 9.88. The zero-order valence-corrected chi connectivity index (χ0v) is 21.4. The van der Waals surface area contributed by atoms with Gasteiger partial charge in [-0.25, -0.2) is 18.6 Å². The number of fused-ring (bicyclic) bond motifs is 1. The minimum Gasteiger partial charge on any atom is -0.465 e. The van der Waals surface area contributed by atoms with Crippen molar-refractivity contribution in [1.29, 1.82) is 0 Å². The molecule has 2 aromatic heterocycles. The molecule has 1 aromatic carbocycles. The van der Waals surface area contributed by atoms with Crippen LogP contribution in [0.3, 0.4) is 0 Å². The molecule has 0 aliphatic carbocycles. The van der Waals surface area contributed by atoms with Crippen LogP contribution in [0.5, 0.6) is 0 Å². The fourth-order valence-corrected chi connectivity index (χ4v) is 5.71. The first-order valence-corrected chi connectivity index (χ1v) is 12.5. The molecule has 2 aliphatic rings. The monoisotopic (exact) mass is 514 g/mol. The highest BCUT2D eigenvalue weighted by Crippen LogP contribution is 2.40. The Balaban J connectivity index is 1.44. The fourth-order valence-electron chi connectivity index (χ4n) is 5.71. The van der Waals surface area contributed by atoms with Crippen molar-refractivity contribution >= 4 is 6.09 Å². The molecule has 1 amide bonds. The van der Waals surface area contributed by atoms with Crippen molar-refractivity contribution in [3.63, 3.8) is 0 Å². The van der Waals surface area contributed by atoms with Crippen molar-refractivity contribution in [2.24, 2.45) is 0 Å². The van der Waals surface area contributed by atoms with Crippen LogP contribution in [0, 0.1) is 11.6 Å². The molecule has 1 fully saturated rings. The number of imidazole rings is 1. The number of aromatic amines is 1. The van der Waals surface area contributed by atoms with E-state index in [0.29, 0.717) is 19.5 Å². The molecule has 3 aromatic rings.